The Labute approximate surface area is 102 Å². The standard InChI is InChI=1S/C10H10ClNO3S/c1-12(2)10(15)16-6-3-4-8(11)7(5-6)9(13)14/h3-5H,1-2H3,(H,13,14). The smallest absolute Gasteiger partial charge is 0.337 e. The van der Waals surface area contributed by atoms with Gasteiger partial charge in [0.05, 0.1) is 10.6 Å². The van der Waals surface area contributed by atoms with Crippen LogP contribution in [0.3, 0.4) is 0 Å². The molecule has 0 spiro atoms. The number of nitrogens with zero attached hydrogens (tertiary/aromatic N) is 1. The first-order valence-corrected chi connectivity index (χ1v) is 5.53. The molecule has 1 rings (SSSR count). The molecule has 16 heavy (non-hydrogen) atoms. The van der Waals surface area contributed by atoms with Crippen molar-refractivity contribution in [3.8, 4) is 0 Å². The van der Waals surface area contributed by atoms with Crippen molar-refractivity contribution >= 4 is 34.6 Å². The predicted octanol–water partition coefficient (Wildman–Crippen LogP) is 2.81. The van der Waals surface area contributed by atoms with Gasteiger partial charge in [-0.05, 0) is 30.0 Å². The average molecular weight is 260 g/mol. The van der Waals surface area contributed by atoms with Gasteiger partial charge in [-0.1, -0.05) is 11.6 Å². The molecule has 4 nitrogen and oxygen atoms in total. The van der Waals surface area contributed by atoms with Crippen LogP contribution in [0, 0.1) is 0 Å². The van der Waals surface area contributed by atoms with Crippen LogP contribution < -0.4 is 0 Å². The highest BCUT2D eigenvalue weighted by molar-refractivity contribution is 8.13. The minimum atomic E-state index is -1.11. The van der Waals surface area contributed by atoms with Crippen LogP contribution in [-0.2, 0) is 0 Å². The Bertz CT molecular complexity index is 434. The maximum Gasteiger partial charge on any atom is 0.337 e. The van der Waals surface area contributed by atoms with Gasteiger partial charge in [-0.25, -0.2) is 4.79 Å². The second kappa shape index (κ2) is 5.23. The van der Waals surface area contributed by atoms with Gasteiger partial charge < -0.3 is 10.0 Å². The van der Waals surface area contributed by atoms with Gasteiger partial charge >= 0.3 is 5.97 Å². The van der Waals surface area contributed by atoms with Crippen molar-refractivity contribution < 1.29 is 14.7 Å². The summed E-state index contributed by atoms with van der Waals surface area (Å²) in [5.74, 6) is -1.11. The van der Waals surface area contributed by atoms with Crippen molar-refractivity contribution in [2.24, 2.45) is 0 Å². The molecule has 86 valence electrons. The molecule has 1 aromatic rings. The fraction of sp³-hybridized carbons (Fsp3) is 0.200. The largest absolute Gasteiger partial charge is 0.478 e. The summed E-state index contributed by atoms with van der Waals surface area (Å²) in [4.78, 5) is 24.2. The lowest BCUT2D eigenvalue weighted by molar-refractivity contribution is 0.0697. The van der Waals surface area contributed by atoms with E-state index >= 15 is 0 Å². The second-order valence-corrected chi connectivity index (χ2v) is 4.64. The number of carbonyl (C=O) groups excluding carboxylic acids is 1. The molecular weight excluding hydrogens is 250 g/mol. The Balaban J connectivity index is 2.95. The van der Waals surface area contributed by atoms with Gasteiger partial charge in [-0.15, -0.1) is 0 Å². The summed E-state index contributed by atoms with van der Waals surface area (Å²) >= 11 is 6.66. The van der Waals surface area contributed by atoms with Crippen LogP contribution in [0.1, 0.15) is 10.4 Å². The Hall–Kier alpha value is -1.20. The number of benzene rings is 1. The van der Waals surface area contributed by atoms with Gasteiger partial charge in [0.15, 0.2) is 0 Å². The first-order valence-electron chi connectivity index (χ1n) is 4.34. The molecule has 0 atom stereocenters. The lowest BCUT2D eigenvalue weighted by Crippen LogP contribution is -2.16. The molecule has 0 saturated carbocycles. The Morgan fingerprint density at radius 1 is 1.38 bits per heavy atom. The van der Waals surface area contributed by atoms with Crippen LogP contribution in [-0.4, -0.2) is 35.3 Å². The number of halogens is 1. The van der Waals surface area contributed by atoms with Crippen LogP contribution >= 0.6 is 23.4 Å². The van der Waals surface area contributed by atoms with Gasteiger partial charge in [0, 0.05) is 19.0 Å². The third-order valence-electron chi connectivity index (χ3n) is 1.74. The molecular formula is C10H10ClNO3S. The highest BCUT2D eigenvalue weighted by Gasteiger charge is 2.12. The molecule has 0 aromatic heterocycles. The van der Waals surface area contributed by atoms with Crippen molar-refractivity contribution in [3.63, 3.8) is 0 Å². The van der Waals surface area contributed by atoms with E-state index in [1.54, 1.807) is 20.2 Å². The van der Waals surface area contributed by atoms with Crippen LogP contribution in [0.2, 0.25) is 5.02 Å². The first kappa shape index (κ1) is 12.9. The molecule has 0 aliphatic carbocycles. The molecule has 6 heteroatoms. The normalized spacial score (nSPS) is 9.94. The molecule has 0 heterocycles. The number of hydrogen-bond donors (Lipinski definition) is 1. The lowest BCUT2D eigenvalue weighted by atomic mass is 10.2. The minimum absolute atomic E-state index is 0.00165. The molecule has 1 N–H and O–H groups in total. The Kier molecular flexibility index (Phi) is 4.20. The van der Waals surface area contributed by atoms with E-state index in [9.17, 15) is 9.59 Å². The predicted molar refractivity (Wildman–Crippen MR) is 63.4 cm³/mol. The number of thioether (sulfide) groups is 1. The molecule has 1 amide bonds. The number of amides is 1. The van der Waals surface area contributed by atoms with Crippen molar-refractivity contribution in [2.45, 2.75) is 4.90 Å². The molecule has 0 saturated heterocycles. The van der Waals surface area contributed by atoms with E-state index in [-0.39, 0.29) is 15.8 Å². The summed E-state index contributed by atoms with van der Waals surface area (Å²) in [6.45, 7) is 0. The van der Waals surface area contributed by atoms with Gasteiger partial charge in [0.2, 0.25) is 0 Å². The number of hydrogen-bond acceptors (Lipinski definition) is 3. The Morgan fingerprint density at radius 3 is 2.50 bits per heavy atom. The fourth-order valence-electron chi connectivity index (χ4n) is 0.924. The maximum absolute atomic E-state index is 11.4. The molecule has 0 radical (unpaired) electrons. The van der Waals surface area contributed by atoms with Crippen molar-refractivity contribution in [1.29, 1.82) is 0 Å². The molecule has 0 aliphatic rings. The van der Waals surface area contributed by atoms with Crippen molar-refractivity contribution in [3.05, 3.63) is 28.8 Å². The first-order chi connectivity index (χ1) is 7.41. The lowest BCUT2D eigenvalue weighted by Gasteiger charge is -2.09. The van der Waals surface area contributed by atoms with Crippen LogP contribution in [0.5, 0.6) is 0 Å². The summed E-state index contributed by atoms with van der Waals surface area (Å²) in [5.41, 5.74) is -0.00165. The molecule has 1 aromatic carbocycles. The SMILES string of the molecule is CN(C)C(=O)Sc1ccc(Cl)c(C(=O)O)c1. The van der Waals surface area contributed by atoms with E-state index in [0.717, 1.165) is 11.8 Å². The van der Waals surface area contributed by atoms with Gasteiger partial charge in [-0.2, -0.15) is 0 Å². The van der Waals surface area contributed by atoms with Crippen LogP contribution in [0.15, 0.2) is 23.1 Å². The number of carboxylic acids is 1. The Morgan fingerprint density at radius 2 is 2.00 bits per heavy atom. The zero-order chi connectivity index (χ0) is 12.3. The summed E-state index contributed by atoms with van der Waals surface area (Å²) in [6, 6.07) is 4.47. The van der Waals surface area contributed by atoms with Crippen molar-refractivity contribution in [2.75, 3.05) is 14.1 Å². The van der Waals surface area contributed by atoms with Crippen LogP contribution in [0.4, 0.5) is 4.79 Å². The van der Waals surface area contributed by atoms with Gasteiger partial charge in [0.1, 0.15) is 0 Å². The highest BCUT2D eigenvalue weighted by Crippen LogP contribution is 2.25. The minimum Gasteiger partial charge on any atom is -0.478 e. The summed E-state index contributed by atoms with van der Waals surface area (Å²) in [6.07, 6.45) is 0. The second-order valence-electron chi connectivity index (χ2n) is 3.21. The number of carboxylic acid groups (broad SMARTS) is 1. The van der Waals surface area contributed by atoms with E-state index in [4.69, 9.17) is 16.7 Å². The monoisotopic (exact) mass is 259 g/mol. The maximum atomic E-state index is 11.4. The van der Waals surface area contributed by atoms with E-state index < -0.39 is 5.97 Å². The molecule has 0 fully saturated rings. The number of rotatable bonds is 2. The average Bonchev–Trinajstić information content (AvgIpc) is 2.20. The van der Waals surface area contributed by atoms with E-state index in [2.05, 4.69) is 0 Å². The highest BCUT2D eigenvalue weighted by atomic mass is 35.5. The van der Waals surface area contributed by atoms with E-state index in [1.165, 1.54) is 17.0 Å². The van der Waals surface area contributed by atoms with Gasteiger partial charge in [-0.3, -0.25) is 4.79 Å². The van der Waals surface area contributed by atoms with E-state index in [0.29, 0.717) is 4.90 Å². The molecule has 0 aliphatic heterocycles. The zero-order valence-corrected chi connectivity index (χ0v) is 10.3. The third kappa shape index (κ3) is 3.15. The van der Waals surface area contributed by atoms with Crippen LogP contribution in [0.25, 0.3) is 0 Å². The quantitative estimate of drug-likeness (QED) is 0.830. The number of aromatic carboxylic acids is 1. The summed E-state index contributed by atoms with van der Waals surface area (Å²) in [7, 11) is 3.26. The number of carbonyl (C=O) groups is 2. The summed E-state index contributed by atoms with van der Waals surface area (Å²) in [5, 5.41) is 8.84. The molecule has 0 unspecified atom stereocenters. The fourth-order valence-corrected chi connectivity index (χ4v) is 1.82. The van der Waals surface area contributed by atoms with Gasteiger partial charge in [0.25, 0.3) is 5.24 Å². The van der Waals surface area contributed by atoms with Crippen molar-refractivity contribution in [1.82, 2.24) is 4.90 Å². The van der Waals surface area contributed by atoms with E-state index in [1.807, 2.05) is 0 Å². The topological polar surface area (TPSA) is 57.6 Å². The summed E-state index contributed by atoms with van der Waals surface area (Å²) < 4.78 is 0. The zero-order valence-electron chi connectivity index (χ0n) is 8.73. The molecule has 0 bridgehead atoms. The third-order valence-corrected chi connectivity index (χ3v) is 3.10.